The van der Waals surface area contributed by atoms with Crippen LogP contribution in [0.15, 0.2) is 47.2 Å². The van der Waals surface area contributed by atoms with Gasteiger partial charge in [0.05, 0.1) is 23.7 Å². The maximum Gasteiger partial charge on any atom is 0.496 e. The summed E-state index contributed by atoms with van der Waals surface area (Å²) >= 11 is 0. The first kappa shape index (κ1) is 15.6. The van der Waals surface area contributed by atoms with Crippen LogP contribution in [0.25, 0.3) is 6.08 Å². The van der Waals surface area contributed by atoms with Gasteiger partial charge in [-0.3, -0.25) is 0 Å². The number of para-hydroxylation sites is 1. The zero-order chi connectivity index (χ0) is 16.9. The molecule has 1 fully saturated rings. The number of rotatable bonds is 2. The van der Waals surface area contributed by atoms with Crippen molar-refractivity contribution in [1.29, 1.82) is 0 Å². The lowest BCUT2D eigenvalue weighted by atomic mass is 9.54. The Balaban J connectivity index is 1.70. The number of anilines is 1. The molecular formula is C18H21B2NO3. The van der Waals surface area contributed by atoms with E-state index in [1.807, 2.05) is 12.1 Å². The Morgan fingerprint density at radius 2 is 1.75 bits per heavy atom. The van der Waals surface area contributed by atoms with Gasteiger partial charge in [-0.05, 0) is 44.8 Å². The predicted molar refractivity (Wildman–Crippen MR) is 98.9 cm³/mol. The highest BCUT2D eigenvalue weighted by molar-refractivity contribution is 6.82. The second kappa shape index (κ2) is 5.30. The molecule has 0 radical (unpaired) electrons. The average Bonchev–Trinajstić information content (AvgIpc) is 3.13. The molecule has 6 heteroatoms. The fraction of sp³-hybridized carbons (Fsp3) is 0.333. The molecule has 122 valence electrons. The quantitative estimate of drug-likeness (QED) is 0.863. The second-order valence-corrected chi connectivity index (χ2v) is 7.44. The van der Waals surface area contributed by atoms with E-state index in [9.17, 15) is 0 Å². The second-order valence-electron chi connectivity index (χ2n) is 7.44. The van der Waals surface area contributed by atoms with Crippen molar-refractivity contribution < 1.29 is 13.7 Å². The molecule has 0 spiro atoms. The highest BCUT2D eigenvalue weighted by atomic mass is 16.7. The highest BCUT2D eigenvalue weighted by Gasteiger charge is 2.52. The van der Waals surface area contributed by atoms with E-state index < -0.39 is 0 Å². The maximum absolute atomic E-state index is 6.24. The van der Waals surface area contributed by atoms with E-state index in [0.717, 1.165) is 22.2 Å². The summed E-state index contributed by atoms with van der Waals surface area (Å²) in [6, 6.07) is 8.19. The lowest BCUT2D eigenvalue weighted by Crippen LogP contribution is -2.43. The Kier molecular flexibility index (Phi) is 3.44. The van der Waals surface area contributed by atoms with E-state index in [2.05, 4.69) is 57.1 Å². The minimum absolute atomic E-state index is 0.0832. The van der Waals surface area contributed by atoms with Gasteiger partial charge in [-0.2, -0.15) is 0 Å². The van der Waals surface area contributed by atoms with Gasteiger partial charge in [-0.15, -0.1) is 0 Å². The minimum Gasteiger partial charge on any atom is -0.473 e. The van der Waals surface area contributed by atoms with Crippen LogP contribution in [0.2, 0.25) is 0 Å². The van der Waals surface area contributed by atoms with Crippen LogP contribution in [0, 0.1) is 0 Å². The number of nitrogens with one attached hydrogen (secondary N) is 1. The van der Waals surface area contributed by atoms with Gasteiger partial charge >= 0.3 is 14.0 Å². The zero-order valence-electron chi connectivity index (χ0n) is 14.5. The summed E-state index contributed by atoms with van der Waals surface area (Å²) in [6.45, 7) is 8.38. The van der Waals surface area contributed by atoms with E-state index in [0.29, 0.717) is 0 Å². The fourth-order valence-corrected chi connectivity index (χ4v) is 3.11. The van der Waals surface area contributed by atoms with E-state index in [1.54, 1.807) is 12.5 Å². The molecule has 4 rings (SSSR count). The Morgan fingerprint density at radius 3 is 2.42 bits per heavy atom. The molecule has 2 aromatic rings. The molecule has 0 atom stereocenters. The largest absolute Gasteiger partial charge is 0.496 e. The smallest absolute Gasteiger partial charge is 0.473 e. The van der Waals surface area contributed by atoms with Crippen LogP contribution in [-0.2, 0) is 9.31 Å². The third kappa shape index (κ3) is 2.41. The number of hydrogen-bond donors (Lipinski definition) is 1. The van der Waals surface area contributed by atoms with Crippen molar-refractivity contribution in [3.8, 4) is 0 Å². The topological polar surface area (TPSA) is 43.6 Å². The van der Waals surface area contributed by atoms with Crippen LogP contribution in [0.1, 0.15) is 33.3 Å². The van der Waals surface area contributed by atoms with Crippen molar-refractivity contribution in [2.45, 2.75) is 38.9 Å². The normalized spacial score (nSPS) is 20.8. The van der Waals surface area contributed by atoms with Gasteiger partial charge < -0.3 is 19.0 Å². The molecular weight excluding hydrogens is 300 g/mol. The zero-order valence-corrected chi connectivity index (χ0v) is 14.5. The number of fused-ring (bicyclic) bond motifs is 1. The Hall–Kier alpha value is -1.91. The molecule has 1 N–H and O–H groups in total. The van der Waals surface area contributed by atoms with Gasteiger partial charge in [0.1, 0.15) is 0 Å². The number of hydrogen-bond acceptors (Lipinski definition) is 4. The molecule has 0 amide bonds. The van der Waals surface area contributed by atoms with Crippen molar-refractivity contribution in [2.75, 3.05) is 5.23 Å². The fourth-order valence-electron chi connectivity index (χ4n) is 3.11. The summed E-state index contributed by atoms with van der Waals surface area (Å²) in [7, 11) is -0.381. The Morgan fingerprint density at radius 1 is 1.00 bits per heavy atom. The lowest BCUT2D eigenvalue weighted by molar-refractivity contribution is 0.00578. The molecule has 24 heavy (non-hydrogen) atoms. The molecule has 2 aliphatic heterocycles. The lowest BCUT2D eigenvalue weighted by Gasteiger charge is -2.32. The summed E-state index contributed by atoms with van der Waals surface area (Å²) in [5.41, 5.74) is 3.63. The summed E-state index contributed by atoms with van der Waals surface area (Å²) in [6.07, 6.45) is 5.60. The number of furan rings is 1. The Bertz CT molecular complexity index is 768. The standard InChI is InChI=1S/C18H21B2NO3/c1-17(2)18(3,4)24-20(23-17)15-7-5-6-13-8-10-19(21-16(13)15)14-9-11-22-12-14/h5-12,21H,1-4H3. The van der Waals surface area contributed by atoms with Crippen LogP contribution in [0.5, 0.6) is 0 Å². The van der Waals surface area contributed by atoms with Crippen molar-refractivity contribution in [3.05, 3.63) is 48.3 Å². The van der Waals surface area contributed by atoms with E-state index >= 15 is 0 Å². The molecule has 1 aromatic carbocycles. The van der Waals surface area contributed by atoms with Crippen molar-refractivity contribution >= 4 is 36.7 Å². The monoisotopic (exact) mass is 321 g/mol. The molecule has 1 saturated heterocycles. The van der Waals surface area contributed by atoms with Gasteiger partial charge in [0.15, 0.2) is 0 Å². The van der Waals surface area contributed by atoms with Crippen molar-refractivity contribution in [3.63, 3.8) is 0 Å². The molecule has 1 aromatic heterocycles. The van der Waals surface area contributed by atoms with Crippen LogP contribution in [-0.4, -0.2) is 25.2 Å². The SMILES string of the molecule is CC1(C)OB(c2cccc3c2NB(c2ccoc2)C=C3)OC1(C)C. The van der Waals surface area contributed by atoms with E-state index in [4.69, 9.17) is 13.7 Å². The number of benzene rings is 1. The molecule has 0 aliphatic carbocycles. The summed E-state index contributed by atoms with van der Waals surface area (Å²) < 4.78 is 17.7. The first-order valence-corrected chi connectivity index (χ1v) is 8.33. The Labute approximate surface area is 143 Å². The molecule has 4 nitrogen and oxygen atoms in total. The van der Waals surface area contributed by atoms with E-state index in [-0.39, 0.29) is 25.2 Å². The van der Waals surface area contributed by atoms with Gasteiger partial charge in [0.25, 0.3) is 0 Å². The van der Waals surface area contributed by atoms with Crippen molar-refractivity contribution in [1.82, 2.24) is 0 Å². The van der Waals surface area contributed by atoms with Gasteiger partial charge in [0.2, 0.25) is 0 Å². The third-order valence-corrected chi connectivity index (χ3v) is 5.31. The van der Waals surface area contributed by atoms with Gasteiger partial charge in [0, 0.05) is 11.2 Å². The van der Waals surface area contributed by atoms with Crippen LogP contribution in [0.3, 0.4) is 0 Å². The van der Waals surface area contributed by atoms with Gasteiger partial charge in [-0.1, -0.05) is 30.3 Å². The average molecular weight is 321 g/mol. The van der Waals surface area contributed by atoms with Gasteiger partial charge in [-0.25, -0.2) is 0 Å². The van der Waals surface area contributed by atoms with Crippen LogP contribution >= 0.6 is 0 Å². The predicted octanol–water partition coefficient (Wildman–Crippen LogP) is 2.46. The molecule has 0 bridgehead atoms. The van der Waals surface area contributed by atoms with Crippen LogP contribution < -0.4 is 16.2 Å². The van der Waals surface area contributed by atoms with Crippen LogP contribution in [0.4, 0.5) is 5.69 Å². The molecule has 0 saturated carbocycles. The summed E-state index contributed by atoms with van der Waals surface area (Å²) in [5, 5.41) is 3.59. The first-order valence-electron chi connectivity index (χ1n) is 8.33. The first-order chi connectivity index (χ1) is 11.4. The maximum atomic E-state index is 6.24. The molecule has 3 heterocycles. The minimum atomic E-state index is -0.381. The van der Waals surface area contributed by atoms with E-state index in [1.165, 1.54) is 0 Å². The highest BCUT2D eigenvalue weighted by Crippen LogP contribution is 2.37. The van der Waals surface area contributed by atoms with Crippen molar-refractivity contribution in [2.24, 2.45) is 0 Å². The molecule has 2 aliphatic rings. The summed E-state index contributed by atoms with van der Waals surface area (Å²) in [5.74, 6) is 2.14. The summed E-state index contributed by atoms with van der Waals surface area (Å²) in [4.78, 5) is 0. The molecule has 0 unspecified atom stereocenters. The third-order valence-electron chi connectivity index (χ3n) is 5.31.